The highest BCUT2D eigenvalue weighted by Crippen LogP contribution is 2.28. The lowest BCUT2D eigenvalue weighted by atomic mass is 10.2. The second-order valence-electron chi connectivity index (χ2n) is 4.06. The molecular formula is C13H10N2O5. The number of nitrogens with zero attached hydrogens (tertiary/aromatic N) is 2. The van der Waals surface area contributed by atoms with Crippen molar-refractivity contribution in [3.8, 4) is 11.5 Å². The summed E-state index contributed by atoms with van der Waals surface area (Å²) in [6.45, 7) is 1.61. The molecule has 7 nitrogen and oxygen atoms in total. The third kappa shape index (κ3) is 2.89. The van der Waals surface area contributed by atoms with Gasteiger partial charge in [0.15, 0.2) is 0 Å². The SMILES string of the molecule is Cc1cc(Oc2ccc([N+](=O)[O-])cc2)ccc1[N+](=O)[O-]. The fraction of sp³-hybridized carbons (Fsp3) is 0.0769. The fourth-order valence-corrected chi connectivity index (χ4v) is 1.67. The van der Waals surface area contributed by atoms with E-state index in [0.717, 1.165) is 0 Å². The maximum atomic E-state index is 10.7. The van der Waals surface area contributed by atoms with Gasteiger partial charge in [-0.2, -0.15) is 0 Å². The zero-order valence-corrected chi connectivity index (χ0v) is 10.5. The van der Waals surface area contributed by atoms with Gasteiger partial charge in [-0.1, -0.05) is 0 Å². The molecule has 0 heterocycles. The van der Waals surface area contributed by atoms with Gasteiger partial charge in [-0.15, -0.1) is 0 Å². The number of rotatable bonds is 4. The molecule has 2 aromatic carbocycles. The number of ether oxygens (including phenoxy) is 1. The van der Waals surface area contributed by atoms with E-state index in [1.807, 2.05) is 0 Å². The van der Waals surface area contributed by atoms with Crippen LogP contribution in [0.25, 0.3) is 0 Å². The maximum absolute atomic E-state index is 10.7. The fourth-order valence-electron chi connectivity index (χ4n) is 1.67. The van der Waals surface area contributed by atoms with Crippen LogP contribution in [0.5, 0.6) is 11.5 Å². The number of hydrogen-bond donors (Lipinski definition) is 0. The van der Waals surface area contributed by atoms with E-state index in [9.17, 15) is 20.2 Å². The largest absolute Gasteiger partial charge is 0.457 e. The molecule has 0 fully saturated rings. The van der Waals surface area contributed by atoms with E-state index in [-0.39, 0.29) is 11.4 Å². The van der Waals surface area contributed by atoms with Crippen LogP contribution in [0.3, 0.4) is 0 Å². The molecule has 0 atom stereocenters. The average Bonchev–Trinajstić information content (AvgIpc) is 2.39. The first-order valence-electron chi connectivity index (χ1n) is 5.65. The van der Waals surface area contributed by atoms with E-state index in [4.69, 9.17) is 4.74 Å². The monoisotopic (exact) mass is 274 g/mol. The van der Waals surface area contributed by atoms with Crippen LogP contribution < -0.4 is 4.74 Å². The summed E-state index contributed by atoms with van der Waals surface area (Å²) in [5, 5.41) is 21.2. The van der Waals surface area contributed by atoms with E-state index in [2.05, 4.69) is 0 Å². The number of nitro benzene ring substituents is 2. The van der Waals surface area contributed by atoms with Gasteiger partial charge in [-0.25, -0.2) is 0 Å². The lowest BCUT2D eigenvalue weighted by Gasteiger charge is -2.06. The average molecular weight is 274 g/mol. The number of non-ortho nitro benzene ring substituents is 1. The summed E-state index contributed by atoms with van der Waals surface area (Å²) in [5.41, 5.74) is 0.465. The normalized spacial score (nSPS) is 10.1. The van der Waals surface area contributed by atoms with Gasteiger partial charge in [-0.3, -0.25) is 20.2 Å². The van der Waals surface area contributed by atoms with Crippen LogP contribution in [0, 0.1) is 27.2 Å². The van der Waals surface area contributed by atoms with Crippen LogP contribution in [-0.2, 0) is 0 Å². The summed E-state index contributed by atoms with van der Waals surface area (Å²) in [7, 11) is 0. The van der Waals surface area contributed by atoms with Crippen molar-refractivity contribution in [3.05, 3.63) is 68.3 Å². The van der Waals surface area contributed by atoms with Crippen LogP contribution in [0.1, 0.15) is 5.56 Å². The van der Waals surface area contributed by atoms with E-state index >= 15 is 0 Å². The topological polar surface area (TPSA) is 95.5 Å². The second kappa shape index (κ2) is 5.35. The molecule has 0 radical (unpaired) electrons. The van der Waals surface area contributed by atoms with Crippen molar-refractivity contribution >= 4 is 11.4 Å². The number of benzene rings is 2. The summed E-state index contributed by atoms with van der Waals surface area (Å²) >= 11 is 0. The predicted molar refractivity (Wildman–Crippen MR) is 71.0 cm³/mol. The number of hydrogen-bond acceptors (Lipinski definition) is 5. The molecule has 20 heavy (non-hydrogen) atoms. The zero-order valence-electron chi connectivity index (χ0n) is 10.5. The lowest BCUT2D eigenvalue weighted by molar-refractivity contribution is -0.385. The van der Waals surface area contributed by atoms with Gasteiger partial charge in [0.25, 0.3) is 11.4 Å². The first-order chi connectivity index (χ1) is 9.47. The first-order valence-corrected chi connectivity index (χ1v) is 5.65. The van der Waals surface area contributed by atoms with Crippen molar-refractivity contribution in [2.24, 2.45) is 0 Å². The molecule has 0 N–H and O–H groups in total. The van der Waals surface area contributed by atoms with Gasteiger partial charge in [0, 0.05) is 23.8 Å². The highest BCUT2D eigenvalue weighted by Gasteiger charge is 2.11. The Kier molecular flexibility index (Phi) is 3.60. The van der Waals surface area contributed by atoms with Crippen molar-refractivity contribution < 1.29 is 14.6 Å². The minimum atomic E-state index is -0.500. The number of aryl methyl sites for hydroxylation is 1. The summed E-state index contributed by atoms with van der Waals surface area (Å²) in [6.07, 6.45) is 0. The molecule has 0 saturated carbocycles. The van der Waals surface area contributed by atoms with Crippen LogP contribution in [-0.4, -0.2) is 9.85 Å². The van der Waals surface area contributed by atoms with Gasteiger partial charge >= 0.3 is 0 Å². The molecule has 0 bridgehead atoms. The van der Waals surface area contributed by atoms with Crippen LogP contribution in [0.4, 0.5) is 11.4 Å². The Morgan fingerprint density at radius 1 is 0.900 bits per heavy atom. The molecule has 7 heteroatoms. The Hall–Kier alpha value is -2.96. The zero-order chi connectivity index (χ0) is 14.7. The quantitative estimate of drug-likeness (QED) is 0.626. The molecule has 0 aromatic heterocycles. The van der Waals surface area contributed by atoms with Gasteiger partial charge in [-0.05, 0) is 31.2 Å². The van der Waals surface area contributed by atoms with E-state index in [0.29, 0.717) is 17.1 Å². The van der Waals surface area contributed by atoms with E-state index in [1.54, 1.807) is 13.0 Å². The third-order valence-corrected chi connectivity index (χ3v) is 2.65. The molecular weight excluding hydrogens is 264 g/mol. The highest BCUT2D eigenvalue weighted by atomic mass is 16.6. The molecule has 0 aliphatic carbocycles. The van der Waals surface area contributed by atoms with Crippen molar-refractivity contribution in [1.29, 1.82) is 0 Å². The standard InChI is InChI=1S/C13H10N2O5/c1-9-8-12(6-7-13(9)15(18)19)20-11-4-2-10(3-5-11)14(16)17/h2-8H,1H3. The van der Waals surface area contributed by atoms with Gasteiger partial charge in [0.1, 0.15) is 11.5 Å². The van der Waals surface area contributed by atoms with Gasteiger partial charge < -0.3 is 4.74 Å². The third-order valence-electron chi connectivity index (χ3n) is 2.65. The molecule has 0 aliphatic rings. The molecule has 102 valence electrons. The minimum absolute atomic E-state index is 0.0149. The first kappa shape index (κ1) is 13.5. The summed E-state index contributed by atoms with van der Waals surface area (Å²) in [5.74, 6) is 0.853. The molecule has 2 aromatic rings. The maximum Gasteiger partial charge on any atom is 0.272 e. The van der Waals surface area contributed by atoms with Crippen molar-refractivity contribution in [2.45, 2.75) is 6.92 Å². The van der Waals surface area contributed by atoms with Crippen molar-refractivity contribution in [1.82, 2.24) is 0 Å². The molecule has 0 spiro atoms. The molecule has 2 rings (SSSR count). The highest BCUT2D eigenvalue weighted by molar-refractivity contribution is 5.46. The molecule has 0 unspecified atom stereocenters. The Bertz CT molecular complexity index is 667. The Labute approximate surface area is 113 Å². The smallest absolute Gasteiger partial charge is 0.272 e. The van der Waals surface area contributed by atoms with Crippen LogP contribution >= 0.6 is 0 Å². The lowest BCUT2D eigenvalue weighted by Crippen LogP contribution is -1.92. The van der Waals surface area contributed by atoms with Crippen LogP contribution in [0.2, 0.25) is 0 Å². The minimum Gasteiger partial charge on any atom is -0.457 e. The van der Waals surface area contributed by atoms with Crippen molar-refractivity contribution in [2.75, 3.05) is 0 Å². The Morgan fingerprint density at radius 2 is 1.50 bits per heavy atom. The van der Waals surface area contributed by atoms with E-state index < -0.39 is 9.85 Å². The second-order valence-corrected chi connectivity index (χ2v) is 4.06. The van der Waals surface area contributed by atoms with Gasteiger partial charge in [0.05, 0.1) is 9.85 Å². The number of nitro groups is 2. The Morgan fingerprint density at radius 3 is 2.00 bits per heavy atom. The van der Waals surface area contributed by atoms with Crippen molar-refractivity contribution in [3.63, 3.8) is 0 Å². The van der Waals surface area contributed by atoms with E-state index in [1.165, 1.54) is 36.4 Å². The molecule has 0 saturated heterocycles. The Balaban J connectivity index is 2.19. The summed E-state index contributed by atoms with van der Waals surface area (Å²) in [6, 6.07) is 9.97. The van der Waals surface area contributed by atoms with Crippen LogP contribution in [0.15, 0.2) is 42.5 Å². The summed E-state index contributed by atoms with van der Waals surface area (Å²) in [4.78, 5) is 20.2. The predicted octanol–water partition coefficient (Wildman–Crippen LogP) is 3.60. The molecule has 0 amide bonds. The molecule has 0 aliphatic heterocycles. The summed E-state index contributed by atoms with van der Waals surface area (Å²) < 4.78 is 5.48. The van der Waals surface area contributed by atoms with Gasteiger partial charge in [0.2, 0.25) is 0 Å².